The minimum Gasteiger partial charge on any atom is -0.394 e. The standard InChI is InChI=1S/C15H20N2O6/c1-14-11(22-15(23-14)5-2-3-6-15)9(8-18)21-12(14)17-7-4-10(19)16-13(17)20/h4,7,9,11-12,18H,2-3,5-6,8H2,1H3,(H,16,19,20)/t9-,11-,12-,14-/m1/s1. The molecule has 3 fully saturated rings. The lowest BCUT2D eigenvalue weighted by molar-refractivity contribution is -0.232. The number of H-pyrrole nitrogens is 1. The maximum atomic E-state index is 12.1. The summed E-state index contributed by atoms with van der Waals surface area (Å²) in [5.41, 5.74) is -1.95. The third-order valence-electron chi connectivity index (χ3n) is 5.09. The molecule has 1 saturated carbocycles. The molecule has 8 heteroatoms. The number of aromatic amines is 1. The Morgan fingerprint density at radius 2 is 2.13 bits per heavy atom. The maximum absolute atomic E-state index is 12.1. The van der Waals surface area contributed by atoms with E-state index in [9.17, 15) is 14.7 Å². The van der Waals surface area contributed by atoms with E-state index in [1.807, 2.05) is 6.92 Å². The summed E-state index contributed by atoms with van der Waals surface area (Å²) in [4.78, 5) is 25.6. The number of fused-ring (bicyclic) bond motifs is 1. The molecule has 0 radical (unpaired) electrons. The molecule has 1 spiro atoms. The quantitative estimate of drug-likeness (QED) is 0.786. The number of aliphatic hydroxyl groups is 1. The van der Waals surface area contributed by atoms with Crippen LogP contribution in [0.25, 0.3) is 0 Å². The van der Waals surface area contributed by atoms with Crippen LogP contribution in [0.5, 0.6) is 0 Å². The summed E-state index contributed by atoms with van der Waals surface area (Å²) in [7, 11) is 0. The molecular weight excluding hydrogens is 304 g/mol. The molecule has 2 N–H and O–H groups in total. The third kappa shape index (κ3) is 2.13. The number of rotatable bonds is 2. The summed E-state index contributed by atoms with van der Waals surface area (Å²) < 4.78 is 19.6. The first kappa shape index (κ1) is 15.1. The predicted octanol–water partition coefficient (Wildman–Crippen LogP) is -0.129. The Kier molecular flexibility index (Phi) is 3.28. The first-order valence-electron chi connectivity index (χ1n) is 7.93. The monoisotopic (exact) mass is 324 g/mol. The van der Waals surface area contributed by atoms with Gasteiger partial charge in [-0.3, -0.25) is 14.3 Å². The van der Waals surface area contributed by atoms with Crippen molar-refractivity contribution in [2.75, 3.05) is 6.61 Å². The highest BCUT2D eigenvalue weighted by molar-refractivity contribution is 5.08. The molecule has 4 rings (SSSR count). The van der Waals surface area contributed by atoms with E-state index in [4.69, 9.17) is 14.2 Å². The summed E-state index contributed by atoms with van der Waals surface area (Å²) in [5.74, 6) is -0.652. The molecule has 0 unspecified atom stereocenters. The van der Waals surface area contributed by atoms with Gasteiger partial charge in [0.2, 0.25) is 0 Å². The van der Waals surface area contributed by atoms with Crippen LogP contribution in [-0.2, 0) is 14.2 Å². The molecule has 8 nitrogen and oxygen atoms in total. The first-order chi connectivity index (χ1) is 11.0. The Balaban J connectivity index is 1.76. The van der Waals surface area contributed by atoms with E-state index in [0.29, 0.717) is 0 Å². The Morgan fingerprint density at radius 3 is 2.78 bits per heavy atom. The molecule has 1 aromatic heterocycles. The van der Waals surface area contributed by atoms with Gasteiger partial charge in [0.15, 0.2) is 12.0 Å². The second-order valence-corrected chi connectivity index (χ2v) is 6.67. The van der Waals surface area contributed by atoms with Gasteiger partial charge < -0.3 is 19.3 Å². The molecule has 3 heterocycles. The molecule has 2 aliphatic heterocycles. The van der Waals surface area contributed by atoms with Crippen LogP contribution in [0, 0.1) is 0 Å². The van der Waals surface area contributed by atoms with Gasteiger partial charge in [-0.25, -0.2) is 4.79 Å². The van der Waals surface area contributed by atoms with Gasteiger partial charge in [0.05, 0.1) is 6.61 Å². The average Bonchev–Trinajstić information content (AvgIpc) is 3.13. The van der Waals surface area contributed by atoms with E-state index >= 15 is 0 Å². The van der Waals surface area contributed by atoms with Crippen molar-refractivity contribution in [2.24, 2.45) is 0 Å². The Bertz CT molecular complexity index is 721. The smallest absolute Gasteiger partial charge is 0.330 e. The van der Waals surface area contributed by atoms with E-state index < -0.39 is 41.1 Å². The highest BCUT2D eigenvalue weighted by atomic mass is 16.8. The fourth-order valence-corrected chi connectivity index (χ4v) is 4.07. The van der Waals surface area contributed by atoms with E-state index in [0.717, 1.165) is 25.7 Å². The Hall–Kier alpha value is -1.48. The van der Waals surface area contributed by atoms with Crippen LogP contribution in [0.2, 0.25) is 0 Å². The van der Waals surface area contributed by atoms with Crippen molar-refractivity contribution < 1.29 is 19.3 Å². The fourth-order valence-electron chi connectivity index (χ4n) is 4.07. The number of nitrogens with zero attached hydrogens (tertiary/aromatic N) is 1. The molecule has 126 valence electrons. The molecule has 0 bridgehead atoms. The number of aromatic nitrogens is 2. The van der Waals surface area contributed by atoms with E-state index in [1.54, 1.807) is 0 Å². The van der Waals surface area contributed by atoms with Gasteiger partial charge in [-0.15, -0.1) is 0 Å². The molecule has 1 aromatic rings. The van der Waals surface area contributed by atoms with Crippen LogP contribution in [0.4, 0.5) is 0 Å². The highest BCUT2D eigenvalue weighted by Gasteiger charge is 2.66. The van der Waals surface area contributed by atoms with Gasteiger partial charge in [0, 0.05) is 25.1 Å². The molecule has 2 saturated heterocycles. The molecular formula is C15H20N2O6. The van der Waals surface area contributed by atoms with Gasteiger partial charge in [-0.05, 0) is 19.8 Å². The lowest BCUT2D eigenvalue weighted by atomic mass is 9.96. The molecule has 1 aliphatic carbocycles. The molecule has 0 aromatic carbocycles. The predicted molar refractivity (Wildman–Crippen MR) is 77.9 cm³/mol. The second-order valence-electron chi connectivity index (χ2n) is 6.67. The summed E-state index contributed by atoms with van der Waals surface area (Å²) in [6.45, 7) is 1.61. The molecule has 4 atom stereocenters. The summed E-state index contributed by atoms with van der Waals surface area (Å²) in [6.07, 6.45) is 3.21. The van der Waals surface area contributed by atoms with Crippen LogP contribution >= 0.6 is 0 Å². The molecule has 3 aliphatic rings. The Morgan fingerprint density at radius 1 is 1.39 bits per heavy atom. The summed E-state index contributed by atoms with van der Waals surface area (Å²) >= 11 is 0. The number of aliphatic hydroxyl groups excluding tert-OH is 1. The first-order valence-corrected chi connectivity index (χ1v) is 7.93. The zero-order chi connectivity index (χ0) is 16.2. The van der Waals surface area contributed by atoms with Gasteiger partial charge in [-0.1, -0.05) is 0 Å². The van der Waals surface area contributed by atoms with Crippen LogP contribution in [0.1, 0.15) is 38.8 Å². The fraction of sp³-hybridized carbons (Fsp3) is 0.733. The van der Waals surface area contributed by atoms with Gasteiger partial charge in [0.25, 0.3) is 5.56 Å². The lowest BCUT2D eigenvalue weighted by Gasteiger charge is -2.31. The topological polar surface area (TPSA) is 103 Å². The summed E-state index contributed by atoms with van der Waals surface area (Å²) in [5, 5.41) is 9.63. The van der Waals surface area contributed by atoms with E-state index in [-0.39, 0.29) is 6.61 Å². The van der Waals surface area contributed by atoms with E-state index in [2.05, 4.69) is 4.98 Å². The third-order valence-corrected chi connectivity index (χ3v) is 5.09. The van der Waals surface area contributed by atoms with Crippen molar-refractivity contribution in [1.82, 2.24) is 9.55 Å². The van der Waals surface area contributed by atoms with Crippen LogP contribution in [0.3, 0.4) is 0 Å². The lowest BCUT2D eigenvalue weighted by Crippen LogP contribution is -2.45. The number of hydrogen-bond acceptors (Lipinski definition) is 6. The van der Waals surface area contributed by atoms with Crippen molar-refractivity contribution in [3.8, 4) is 0 Å². The number of nitrogens with one attached hydrogen (secondary N) is 1. The normalized spacial score (nSPS) is 38.3. The maximum Gasteiger partial charge on any atom is 0.330 e. The average molecular weight is 324 g/mol. The van der Waals surface area contributed by atoms with Gasteiger partial charge in [-0.2, -0.15) is 0 Å². The van der Waals surface area contributed by atoms with Crippen molar-refractivity contribution in [2.45, 2.75) is 62.4 Å². The minimum absolute atomic E-state index is 0.228. The van der Waals surface area contributed by atoms with Gasteiger partial charge in [0.1, 0.15) is 17.8 Å². The van der Waals surface area contributed by atoms with Gasteiger partial charge >= 0.3 is 5.69 Å². The summed E-state index contributed by atoms with van der Waals surface area (Å²) in [6, 6.07) is 1.26. The zero-order valence-corrected chi connectivity index (χ0v) is 12.9. The van der Waals surface area contributed by atoms with Crippen molar-refractivity contribution in [1.29, 1.82) is 0 Å². The molecule has 0 amide bonds. The van der Waals surface area contributed by atoms with Crippen molar-refractivity contribution in [3.63, 3.8) is 0 Å². The Labute approximate surface area is 132 Å². The minimum atomic E-state index is -0.903. The number of hydrogen-bond donors (Lipinski definition) is 2. The largest absolute Gasteiger partial charge is 0.394 e. The van der Waals surface area contributed by atoms with Crippen molar-refractivity contribution in [3.05, 3.63) is 33.1 Å². The second kappa shape index (κ2) is 5.01. The number of ether oxygens (including phenoxy) is 3. The molecule has 23 heavy (non-hydrogen) atoms. The van der Waals surface area contributed by atoms with Crippen molar-refractivity contribution >= 4 is 0 Å². The van der Waals surface area contributed by atoms with Crippen LogP contribution in [-0.4, -0.2) is 44.9 Å². The van der Waals surface area contributed by atoms with Crippen LogP contribution in [0.15, 0.2) is 21.9 Å². The SMILES string of the molecule is C[C@@]12OC3(CCCC3)O[C@@H]1[C@@H](CO)O[C@H]2n1ccc(=O)[nH]c1=O. The highest BCUT2D eigenvalue weighted by Crippen LogP contribution is 2.54. The van der Waals surface area contributed by atoms with E-state index in [1.165, 1.54) is 16.8 Å². The van der Waals surface area contributed by atoms with Crippen LogP contribution < -0.4 is 11.2 Å². The zero-order valence-electron chi connectivity index (χ0n) is 12.9.